The van der Waals surface area contributed by atoms with Crippen LogP contribution in [0.2, 0.25) is 0 Å². The van der Waals surface area contributed by atoms with E-state index >= 15 is 0 Å². The van der Waals surface area contributed by atoms with E-state index in [1.54, 1.807) is 18.4 Å². The lowest BCUT2D eigenvalue weighted by Gasteiger charge is -2.39. The Morgan fingerprint density at radius 3 is 2.49 bits per heavy atom. The molecule has 1 spiro atoms. The molecule has 1 aromatic carbocycles. The first-order chi connectivity index (χ1) is 16.4. The minimum absolute atomic E-state index is 0. The van der Waals surface area contributed by atoms with Gasteiger partial charge in [-0.1, -0.05) is 32.0 Å². The van der Waals surface area contributed by atoms with Crippen LogP contribution < -0.4 is 10.1 Å². The van der Waals surface area contributed by atoms with Gasteiger partial charge in [0.05, 0.1) is 13.2 Å². The van der Waals surface area contributed by atoms with E-state index in [0.717, 1.165) is 56.8 Å². The normalized spacial score (nSPS) is 18.5. The first kappa shape index (κ1) is 27.5. The molecule has 0 aliphatic carbocycles. The van der Waals surface area contributed by atoms with E-state index in [9.17, 15) is 9.59 Å². The molecule has 0 unspecified atom stereocenters. The Morgan fingerprint density at radius 1 is 1.17 bits per heavy atom. The van der Waals surface area contributed by atoms with Crippen LogP contribution in [0.5, 0.6) is 5.75 Å². The van der Waals surface area contributed by atoms with Crippen molar-refractivity contribution < 1.29 is 14.3 Å². The number of carbonyl (C=O) groups excluding carboxylic acids is 2. The molecule has 1 atom stereocenters. The molecule has 192 valence electrons. The Bertz CT molecular complexity index is 957. The van der Waals surface area contributed by atoms with Gasteiger partial charge in [0.2, 0.25) is 11.8 Å². The molecular formula is C27H38ClN3O3S. The molecule has 6 nitrogen and oxygen atoms in total. The third kappa shape index (κ3) is 6.99. The van der Waals surface area contributed by atoms with Gasteiger partial charge in [0.15, 0.2) is 0 Å². The molecule has 1 N–H and O–H groups in total. The average molecular weight is 520 g/mol. The molecular weight excluding hydrogens is 482 g/mol. The van der Waals surface area contributed by atoms with Gasteiger partial charge >= 0.3 is 0 Å². The average Bonchev–Trinajstić information content (AvgIpc) is 3.47. The number of halogens is 1. The molecule has 8 heteroatoms. The van der Waals surface area contributed by atoms with Crippen molar-refractivity contribution in [1.29, 1.82) is 0 Å². The maximum Gasteiger partial charge on any atom is 0.223 e. The molecule has 2 aliphatic rings. The van der Waals surface area contributed by atoms with Gasteiger partial charge in [-0.05, 0) is 66.9 Å². The quantitative estimate of drug-likeness (QED) is 0.512. The van der Waals surface area contributed by atoms with Crippen LogP contribution in [0.4, 0.5) is 0 Å². The minimum atomic E-state index is -0.0157. The van der Waals surface area contributed by atoms with Gasteiger partial charge in [-0.15, -0.1) is 23.7 Å². The summed E-state index contributed by atoms with van der Waals surface area (Å²) in [5.41, 5.74) is 1.26. The first-order valence-corrected chi connectivity index (χ1v) is 13.2. The zero-order chi connectivity index (χ0) is 24.1. The topological polar surface area (TPSA) is 61.9 Å². The lowest BCUT2D eigenvalue weighted by Crippen LogP contribution is -2.42. The molecule has 0 radical (unpaired) electrons. The number of benzene rings is 1. The summed E-state index contributed by atoms with van der Waals surface area (Å²) in [6, 6.07) is 12.2. The van der Waals surface area contributed by atoms with Crippen LogP contribution in [-0.4, -0.2) is 54.9 Å². The summed E-state index contributed by atoms with van der Waals surface area (Å²) < 4.78 is 5.24. The standard InChI is InChI=1S/C27H37N3O3S.ClH/c1-20(2)26(32)28-23(24-5-4-16-34-24)10-13-29-14-11-27(12-15-29)17-25(31)30(19-27)18-21-6-8-22(33-3)9-7-21;/h4-9,16,20,23H,10-15,17-19H2,1-3H3,(H,28,32);1H/t23-;/m0./s1. The van der Waals surface area contributed by atoms with Crippen molar-refractivity contribution in [3.05, 3.63) is 52.2 Å². The highest BCUT2D eigenvalue weighted by molar-refractivity contribution is 7.10. The highest BCUT2D eigenvalue weighted by Crippen LogP contribution is 2.41. The SMILES string of the molecule is COc1ccc(CN2CC3(CCN(CC[C@H](NC(=O)C(C)C)c4cccs4)CC3)CC2=O)cc1.Cl. The van der Waals surface area contributed by atoms with Crippen molar-refractivity contribution >= 4 is 35.6 Å². The third-order valence-electron chi connectivity index (χ3n) is 7.32. The van der Waals surface area contributed by atoms with Crippen molar-refractivity contribution in [2.24, 2.45) is 11.3 Å². The number of hydrogen-bond donors (Lipinski definition) is 1. The lowest BCUT2D eigenvalue weighted by molar-refractivity contribution is -0.128. The van der Waals surface area contributed by atoms with Gasteiger partial charge in [-0.2, -0.15) is 0 Å². The lowest BCUT2D eigenvalue weighted by atomic mass is 9.77. The number of likely N-dealkylation sites (tertiary alicyclic amines) is 2. The smallest absolute Gasteiger partial charge is 0.223 e. The van der Waals surface area contributed by atoms with Gasteiger partial charge < -0.3 is 19.9 Å². The van der Waals surface area contributed by atoms with Crippen molar-refractivity contribution in [1.82, 2.24) is 15.1 Å². The van der Waals surface area contributed by atoms with Crippen LogP contribution in [0.25, 0.3) is 0 Å². The Hall–Kier alpha value is -2.09. The molecule has 0 saturated carbocycles. The Kier molecular flexibility index (Phi) is 9.62. The van der Waals surface area contributed by atoms with Crippen molar-refractivity contribution in [3.8, 4) is 5.75 Å². The Balaban J connectivity index is 0.00000342. The van der Waals surface area contributed by atoms with Crippen molar-refractivity contribution in [3.63, 3.8) is 0 Å². The van der Waals surface area contributed by atoms with Crippen molar-refractivity contribution in [2.75, 3.05) is 33.3 Å². The van der Waals surface area contributed by atoms with Crippen LogP contribution in [0.3, 0.4) is 0 Å². The van der Waals surface area contributed by atoms with E-state index in [0.29, 0.717) is 13.0 Å². The fourth-order valence-electron chi connectivity index (χ4n) is 5.09. The number of ether oxygens (including phenoxy) is 1. The van der Waals surface area contributed by atoms with Gasteiger partial charge in [0.25, 0.3) is 0 Å². The molecule has 4 rings (SSSR count). The summed E-state index contributed by atoms with van der Waals surface area (Å²) >= 11 is 1.71. The third-order valence-corrected chi connectivity index (χ3v) is 8.30. The maximum atomic E-state index is 12.8. The highest BCUT2D eigenvalue weighted by Gasteiger charge is 2.44. The summed E-state index contributed by atoms with van der Waals surface area (Å²) in [5, 5.41) is 5.31. The molecule has 2 amide bonds. The second kappa shape index (κ2) is 12.2. The summed E-state index contributed by atoms with van der Waals surface area (Å²) in [6.45, 7) is 8.39. The number of methoxy groups -OCH3 is 1. The number of amides is 2. The highest BCUT2D eigenvalue weighted by atomic mass is 35.5. The molecule has 35 heavy (non-hydrogen) atoms. The van der Waals surface area contributed by atoms with Crippen LogP contribution in [0.1, 0.15) is 56.0 Å². The summed E-state index contributed by atoms with van der Waals surface area (Å²) in [4.78, 5) is 30.9. The van der Waals surface area contributed by atoms with E-state index in [1.807, 2.05) is 49.1 Å². The minimum Gasteiger partial charge on any atom is -0.497 e. The molecule has 2 fully saturated rings. The van der Waals surface area contributed by atoms with Crippen LogP contribution in [0, 0.1) is 11.3 Å². The molecule has 1 aromatic heterocycles. The van der Waals surface area contributed by atoms with E-state index < -0.39 is 0 Å². The van der Waals surface area contributed by atoms with Crippen LogP contribution in [0.15, 0.2) is 41.8 Å². The number of hydrogen-bond acceptors (Lipinski definition) is 5. The predicted octanol–water partition coefficient (Wildman–Crippen LogP) is 4.90. The second-order valence-electron chi connectivity index (χ2n) is 10.1. The van der Waals surface area contributed by atoms with Gasteiger partial charge in [-0.3, -0.25) is 9.59 Å². The van der Waals surface area contributed by atoms with Gasteiger partial charge in [-0.25, -0.2) is 0 Å². The van der Waals surface area contributed by atoms with Gasteiger partial charge in [0.1, 0.15) is 5.75 Å². The number of rotatable bonds is 9. The molecule has 3 heterocycles. The summed E-state index contributed by atoms with van der Waals surface area (Å²) in [6.07, 6.45) is 3.69. The van der Waals surface area contributed by atoms with Crippen LogP contribution >= 0.6 is 23.7 Å². The largest absolute Gasteiger partial charge is 0.497 e. The molecule has 2 saturated heterocycles. The molecule has 2 aliphatic heterocycles. The number of nitrogens with zero attached hydrogens (tertiary/aromatic N) is 2. The molecule has 0 bridgehead atoms. The van der Waals surface area contributed by atoms with Crippen LogP contribution in [-0.2, 0) is 16.1 Å². The monoisotopic (exact) mass is 519 g/mol. The number of nitrogens with one attached hydrogen (secondary N) is 1. The molecule has 2 aromatic rings. The first-order valence-electron chi connectivity index (χ1n) is 12.3. The second-order valence-corrected chi connectivity index (χ2v) is 11.1. The summed E-state index contributed by atoms with van der Waals surface area (Å²) in [5.74, 6) is 1.21. The number of carbonyl (C=O) groups is 2. The van der Waals surface area contributed by atoms with Gasteiger partial charge in [0, 0.05) is 36.9 Å². The van der Waals surface area contributed by atoms with E-state index in [4.69, 9.17) is 4.74 Å². The predicted molar refractivity (Wildman–Crippen MR) is 143 cm³/mol. The number of piperidine rings is 1. The zero-order valence-corrected chi connectivity index (χ0v) is 22.6. The maximum absolute atomic E-state index is 12.8. The summed E-state index contributed by atoms with van der Waals surface area (Å²) in [7, 11) is 1.67. The Labute approximate surface area is 219 Å². The Morgan fingerprint density at radius 2 is 1.89 bits per heavy atom. The van der Waals surface area contributed by atoms with Crippen molar-refractivity contribution in [2.45, 2.75) is 52.1 Å². The fourth-order valence-corrected chi connectivity index (χ4v) is 5.90. The van der Waals surface area contributed by atoms with E-state index in [1.165, 1.54) is 4.88 Å². The fraction of sp³-hybridized carbons (Fsp3) is 0.556. The van der Waals surface area contributed by atoms with E-state index in [2.05, 4.69) is 21.7 Å². The van der Waals surface area contributed by atoms with E-state index in [-0.39, 0.29) is 41.6 Å². The number of thiophene rings is 1. The zero-order valence-electron chi connectivity index (χ0n) is 21.0.